The molecule has 3 aromatic rings. The van der Waals surface area contributed by atoms with Crippen LogP contribution in [-0.2, 0) is 6.54 Å². The third-order valence-electron chi connectivity index (χ3n) is 2.99. The van der Waals surface area contributed by atoms with Gasteiger partial charge in [0, 0.05) is 23.8 Å². The molecule has 5 heteroatoms. The average molecular weight is 282 g/mol. The van der Waals surface area contributed by atoms with Gasteiger partial charge in [0.25, 0.3) is 0 Å². The maximum atomic E-state index is 5.65. The van der Waals surface area contributed by atoms with E-state index in [1.54, 1.807) is 23.9 Å². The number of thiophene rings is 1. The highest BCUT2D eigenvalue weighted by Crippen LogP contribution is 2.33. The number of rotatable bonds is 4. The molecule has 0 aliphatic heterocycles. The minimum absolute atomic E-state index is 0.548. The van der Waals surface area contributed by atoms with E-state index in [2.05, 4.69) is 43.8 Å². The van der Waals surface area contributed by atoms with Gasteiger partial charge in [-0.2, -0.15) is 11.3 Å². The molecule has 1 aromatic carbocycles. The van der Waals surface area contributed by atoms with Gasteiger partial charge < -0.3 is 5.73 Å². The van der Waals surface area contributed by atoms with Crippen LogP contribution in [0.1, 0.15) is 5.56 Å². The fraction of sp³-hybridized carbons (Fsp3) is 0.0667. The lowest BCUT2D eigenvalue weighted by atomic mass is 10.2. The summed E-state index contributed by atoms with van der Waals surface area (Å²) in [5.41, 5.74) is 8.91. The molecule has 0 spiro atoms. The Hall–Kier alpha value is -2.24. The first kappa shape index (κ1) is 12.8. The smallest absolute Gasteiger partial charge is 0.140 e. The molecule has 0 amide bonds. The summed E-state index contributed by atoms with van der Waals surface area (Å²) in [7, 11) is 0. The summed E-state index contributed by atoms with van der Waals surface area (Å²) in [6.07, 6.45) is 3.30. The van der Waals surface area contributed by atoms with Gasteiger partial charge in [-0.1, -0.05) is 12.1 Å². The zero-order chi connectivity index (χ0) is 13.8. The predicted octanol–water partition coefficient (Wildman–Crippen LogP) is 3.47. The number of nitrogens with zero attached hydrogens (tertiary/aromatic N) is 3. The van der Waals surface area contributed by atoms with Gasteiger partial charge in [-0.25, -0.2) is 9.97 Å². The molecule has 20 heavy (non-hydrogen) atoms. The molecular formula is C15H14N4S. The second kappa shape index (κ2) is 5.81. The van der Waals surface area contributed by atoms with Crippen molar-refractivity contribution in [3.05, 3.63) is 65.2 Å². The molecule has 0 aliphatic carbocycles. The summed E-state index contributed by atoms with van der Waals surface area (Å²) in [6.45, 7) is 0.548. The van der Waals surface area contributed by atoms with Gasteiger partial charge in [0.05, 0.1) is 5.69 Å². The highest BCUT2D eigenvalue weighted by atomic mass is 32.1. The van der Waals surface area contributed by atoms with E-state index in [9.17, 15) is 0 Å². The van der Waals surface area contributed by atoms with Crippen LogP contribution in [0.15, 0.2) is 59.7 Å². The van der Waals surface area contributed by atoms with Crippen molar-refractivity contribution < 1.29 is 0 Å². The summed E-state index contributed by atoms with van der Waals surface area (Å²) in [6, 6.07) is 12.2. The molecule has 0 aliphatic rings. The Morgan fingerprint density at radius 3 is 2.50 bits per heavy atom. The van der Waals surface area contributed by atoms with Crippen molar-refractivity contribution >= 4 is 28.5 Å². The number of hydrogen-bond acceptors (Lipinski definition) is 5. The molecule has 2 heterocycles. The molecule has 0 atom stereocenters. The lowest BCUT2D eigenvalue weighted by Gasteiger charge is -2.22. The van der Waals surface area contributed by atoms with Crippen LogP contribution in [-0.4, -0.2) is 9.97 Å². The zero-order valence-corrected chi connectivity index (χ0v) is 11.6. The molecule has 0 fully saturated rings. The number of nitrogens with two attached hydrogens (primary N) is 1. The Morgan fingerprint density at radius 2 is 1.90 bits per heavy atom. The van der Waals surface area contributed by atoms with Crippen molar-refractivity contribution in [3.8, 4) is 0 Å². The van der Waals surface area contributed by atoms with Crippen molar-refractivity contribution in [2.24, 2.45) is 5.73 Å². The maximum Gasteiger partial charge on any atom is 0.140 e. The van der Waals surface area contributed by atoms with Crippen molar-refractivity contribution in [2.75, 3.05) is 4.90 Å². The highest BCUT2D eigenvalue weighted by Gasteiger charge is 2.13. The molecule has 100 valence electrons. The van der Waals surface area contributed by atoms with Crippen molar-refractivity contribution in [1.82, 2.24) is 9.97 Å². The summed E-state index contributed by atoms with van der Waals surface area (Å²) >= 11 is 1.66. The Bertz CT molecular complexity index is 650. The van der Waals surface area contributed by atoms with E-state index in [1.807, 2.05) is 18.2 Å². The average Bonchev–Trinajstić information content (AvgIpc) is 3.03. The molecule has 0 saturated heterocycles. The number of hydrogen-bond donors (Lipinski definition) is 1. The third-order valence-corrected chi connectivity index (χ3v) is 3.66. The van der Waals surface area contributed by atoms with Gasteiger partial charge in [0.15, 0.2) is 0 Å². The van der Waals surface area contributed by atoms with Crippen LogP contribution >= 0.6 is 11.3 Å². The van der Waals surface area contributed by atoms with E-state index < -0.39 is 0 Å². The monoisotopic (exact) mass is 282 g/mol. The van der Waals surface area contributed by atoms with Crippen LogP contribution in [0.4, 0.5) is 17.2 Å². The Morgan fingerprint density at radius 1 is 1.05 bits per heavy atom. The van der Waals surface area contributed by atoms with E-state index in [0.717, 1.165) is 22.8 Å². The molecule has 0 saturated carbocycles. The predicted molar refractivity (Wildman–Crippen MR) is 82.5 cm³/mol. The van der Waals surface area contributed by atoms with Gasteiger partial charge in [-0.3, -0.25) is 4.90 Å². The van der Waals surface area contributed by atoms with E-state index in [0.29, 0.717) is 6.54 Å². The Balaban J connectivity index is 2.05. The topological polar surface area (TPSA) is 55.0 Å². The SMILES string of the molecule is NCc1ccc(N(c2ccsc2)c2ccncn2)cc1. The minimum Gasteiger partial charge on any atom is -0.326 e. The lowest BCUT2D eigenvalue weighted by Crippen LogP contribution is -2.10. The minimum atomic E-state index is 0.548. The molecule has 0 radical (unpaired) electrons. The van der Waals surface area contributed by atoms with Crippen LogP contribution in [0.3, 0.4) is 0 Å². The van der Waals surface area contributed by atoms with E-state index in [-0.39, 0.29) is 0 Å². The molecule has 0 bridgehead atoms. The Kier molecular flexibility index (Phi) is 3.71. The van der Waals surface area contributed by atoms with E-state index in [4.69, 9.17) is 5.73 Å². The molecular weight excluding hydrogens is 268 g/mol. The number of aromatic nitrogens is 2. The van der Waals surface area contributed by atoms with Gasteiger partial charge in [0.2, 0.25) is 0 Å². The first-order valence-electron chi connectivity index (χ1n) is 6.26. The van der Waals surface area contributed by atoms with Gasteiger partial charge >= 0.3 is 0 Å². The second-order valence-electron chi connectivity index (χ2n) is 4.26. The van der Waals surface area contributed by atoms with Gasteiger partial charge in [0.1, 0.15) is 12.1 Å². The van der Waals surface area contributed by atoms with E-state index in [1.165, 1.54) is 0 Å². The van der Waals surface area contributed by atoms with Gasteiger partial charge in [-0.05, 0) is 35.2 Å². The van der Waals surface area contributed by atoms with E-state index >= 15 is 0 Å². The fourth-order valence-corrected chi connectivity index (χ4v) is 2.62. The van der Waals surface area contributed by atoms with Crippen LogP contribution in [0.5, 0.6) is 0 Å². The lowest BCUT2D eigenvalue weighted by molar-refractivity contribution is 1.07. The normalized spacial score (nSPS) is 10.4. The van der Waals surface area contributed by atoms with Crippen molar-refractivity contribution in [1.29, 1.82) is 0 Å². The van der Waals surface area contributed by atoms with Crippen LogP contribution in [0.25, 0.3) is 0 Å². The summed E-state index contributed by atoms with van der Waals surface area (Å²) < 4.78 is 0. The first-order valence-corrected chi connectivity index (χ1v) is 7.20. The second-order valence-corrected chi connectivity index (χ2v) is 5.04. The summed E-state index contributed by atoms with van der Waals surface area (Å²) in [5, 5.41) is 4.15. The van der Waals surface area contributed by atoms with Crippen LogP contribution in [0, 0.1) is 0 Å². The standard InChI is InChI=1S/C15H14N4S/c16-9-12-1-3-13(4-2-12)19(14-6-8-20-10-14)15-5-7-17-11-18-15/h1-8,10-11H,9,16H2. The molecule has 0 unspecified atom stereocenters. The summed E-state index contributed by atoms with van der Waals surface area (Å²) in [5.74, 6) is 0.846. The Labute approximate surface area is 121 Å². The molecule has 2 aromatic heterocycles. The molecule has 3 rings (SSSR count). The first-order chi connectivity index (χ1) is 9.88. The molecule has 2 N–H and O–H groups in total. The zero-order valence-electron chi connectivity index (χ0n) is 10.8. The van der Waals surface area contributed by atoms with Crippen molar-refractivity contribution in [2.45, 2.75) is 6.54 Å². The van der Waals surface area contributed by atoms with Crippen LogP contribution in [0.2, 0.25) is 0 Å². The third kappa shape index (κ3) is 2.54. The quantitative estimate of drug-likeness (QED) is 0.796. The molecule has 4 nitrogen and oxygen atoms in total. The summed E-state index contributed by atoms with van der Waals surface area (Å²) in [4.78, 5) is 10.4. The number of anilines is 3. The number of benzene rings is 1. The van der Waals surface area contributed by atoms with Crippen molar-refractivity contribution in [3.63, 3.8) is 0 Å². The fourth-order valence-electron chi connectivity index (χ4n) is 2.00. The largest absolute Gasteiger partial charge is 0.326 e. The van der Waals surface area contributed by atoms with Gasteiger partial charge in [-0.15, -0.1) is 0 Å². The maximum absolute atomic E-state index is 5.65. The van der Waals surface area contributed by atoms with Crippen LogP contribution < -0.4 is 10.6 Å². The highest BCUT2D eigenvalue weighted by molar-refractivity contribution is 7.08.